The molecule has 0 fully saturated rings. The summed E-state index contributed by atoms with van der Waals surface area (Å²) in [4.78, 5) is 11.5. The Balaban J connectivity index is 3.25. The van der Waals surface area contributed by atoms with Crippen molar-refractivity contribution < 1.29 is 4.79 Å². The lowest BCUT2D eigenvalue weighted by Crippen LogP contribution is -2.23. The number of hydrogen-bond acceptors (Lipinski definition) is 1. The molecule has 1 N–H and O–H groups in total. The molecule has 0 saturated heterocycles. The Bertz CT molecular complexity index is 364. The second-order valence-electron chi connectivity index (χ2n) is 5.28. The summed E-state index contributed by atoms with van der Waals surface area (Å²) in [5.74, 6) is 12.0. The van der Waals surface area contributed by atoms with E-state index in [0.717, 1.165) is 51.5 Å². The van der Waals surface area contributed by atoms with Crippen molar-refractivity contribution in [3.63, 3.8) is 0 Å². The molecule has 0 rings (SSSR count). The third-order valence-corrected chi connectivity index (χ3v) is 3.22. The van der Waals surface area contributed by atoms with Crippen LogP contribution in [-0.2, 0) is 4.79 Å². The van der Waals surface area contributed by atoms with Crippen LogP contribution in [0.4, 0.5) is 0 Å². The molecule has 0 aromatic rings. The van der Waals surface area contributed by atoms with E-state index in [1.54, 1.807) is 0 Å². The van der Waals surface area contributed by atoms with Gasteiger partial charge >= 0.3 is 0 Å². The Morgan fingerprint density at radius 2 is 1.52 bits per heavy atom. The molecule has 0 aliphatic rings. The smallest absolute Gasteiger partial charge is 0.219 e. The van der Waals surface area contributed by atoms with Crippen molar-refractivity contribution in [1.82, 2.24) is 5.32 Å². The predicted octanol–water partition coefficient (Wildman–Crippen LogP) is 4.44. The van der Waals surface area contributed by atoms with E-state index in [1.165, 1.54) is 19.3 Å². The summed E-state index contributed by atoms with van der Waals surface area (Å²) in [5, 5.41) is 2.96. The molecule has 0 unspecified atom stereocenters. The molecule has 1 amide bonds. The summed E-state index contributed by atoms with van der Waals surface area (Å²) < 4.78 is 0. The zero-order valence-electron chi connectivity index (χ0n) is 13.9. The first-order valence-electron chi connectivity index (χ1n) is 8.53. The van der Waals surface area contributed by atoms with Gasteiger partial charge in [0, 0.05) is 25.8 Å². The minimum Gasteiger partial charge on any atom is -0.356 e. The molecule has 0 aromatic heterocycles. The van der Waals surface area contributed by atoms with Crippen molar-refractivity contribution in [2.24, 2.45) is 0 Å². The maximum atomic E-state index is 11.5. The standard InChI is InChI=1S/C19H31NO/c1-3-5-7-8-9-10-11-12-13-14-15-16-17-19(21)20-18-6-4-2/h3-4,6,10-18H2,1-2H3,(H,20,21). The molecule has 0 aliphatic carbocycles. The van der Waals surface area contributed by atoms with E-state index in [1.807, 2.05) is 6.92 Å². The average Bonchev–Trinajstić information content (AvgIpc) is 2.48. The number of carbonyl (C=O) groups is 1. The van der Waals surface area contributed by atoms with Gasteiger partial charge in [-0.2, -0.15) is 0 Å². The molecule has 0 aliphatic heterocycles. The van der Waals surface area contributed by atoms with Gasteiger partial charge in [-0.15, -0.1) is 0 Å². The Kier molecular flexibility index (Phi) is 15.5. The lowest BCUT2D eigenvalue weighted by molar-refractivity contribution is -0.121. The molecule has 0 bridgehead atoms. The highest BCUT2D eigenvalue weighted by atomic mass is 16.1. The van der Waals surface area contributed by atoms with Crippen molar-refractivity contribution in [2.75, 3.05) is 6.54 Å². The highest BCUT2D eigenvalue weighted by Crippen LogP contribution is 2.08. The van der Waals surface area contributed by atoms with E-state index >= 15 is 0 Å². The number of hydrogen-bond donors (Lipinski definition) is 1. The summed E-state index contributed by atoms with van der Waals surface area (Å²) in [6.07, 6.45) is 11.8. The van der Waals surface area contributed by atoms with Crippen molar-refractivity contribution in [2.45, 2.75) is 84.5 Å². The lowest BCUT2D eigenvalue weighted by Gasteiger charge is -2.04. The minimum atomic E-state index is 0.215. The molecule has 2 heteroatoms. The van der Waals surface area contributed by atoms with Crippen LogP contribution in [0.15, 0.2) is 0 Å². The molecular weight excluding hydrogens is 258 g/mol. The van der Waals surface area contributed by atoms with Crippen LogP contribution in [0.2, 0.25) is 0 Å². The third-order valence-electron chi connectivity index (χ3n) is 3.22. The summed E-state index contributed by atoms with van der Waals surface area (Å²) in [7, 11) is 0. The molecule has 0 atom stereocenters. The van der Waals surface area contributed by atoms with Crippen LogP contribution in [0.3, 0.4) is 0 Å². The predicted molar refractivity (Wildman–Crippen MR) is 90.7 cm³/mol. The fourth-order valence-electron chi connectivity index (χ4n) is 1.94. The normalized spacial score (nSPS) is 9.24. The molecule has 0 radical (unpaired) electrons. The summed E-state index contributed by atoms with van der Waals surface area (Å²) in [5.41, 5.74) is 0. The number of rotatable bonds is 11. The summed E-state index contributed by atoms with van der Waals surface area (Å²) in [6.45, 7) is 5.00. The summed E-state index contributed by atoms with van der Waals surface area (Å²) in [6, 6.07) is 0. The molecular formula is C19H31NO. The number of unbranched alkanes of at least 4 members (excludes halogenated alkanes) is 7. The van der Waals surface area contributed by atoms with Crippen LogP contribution < -0.4 is 5.32 Å². The first kappa shape index (κ1) is 19.6. The van der Waals surface area contributed by atoms with Gasteiger partial charge in [0.25, 0.3) is 0 Å². The van der Waals surface area contributed by atoms with E-state index in [4.69, 9.17) is 0 Å². The van der Waals surface area contributed by atoms with Gasteiger partial charge < -0.3 is 5.32 Å². The second kappa shape index (κ2) is 16.6. The first-order valence-corrected chi connectivity index (χ1v) is 8.53. The SMILES string of the molecule is CCC#CC#CCCCCCCCCC(=O)NCCCC. The zero-order chi connectivity index (χ0) is 15.6. The van der Waals surface area contributed by atoms with Gasteiger partial charge in [0.05, 0.1) is 0 Å². The van der Waals surface area contributed by atoms with Crippen LogP contribution in [0.1, 0.15) is 84.5 Å². The highest BCUT2D eigenvalue weighted by molar-refractivity contribution is 5.75. The molecule has 0 saturated carbocycles. The average molecular weight is 289 g/mol. The number of amides is 1. The van der Waals surface area contributed by atoms with E-state index in [0.29, 0.717) is 6.42 Å². The zero-order valence-corrected chi connectivity index (χ0v) is 13.9. The topological polar surface area (TPSA) is 29.1 Å². The lowest BCUT2D eigenvalue weighted by atomic mass is 10.1. The molecule has 0 heterocycles. The van der Waals surface area contributed by atoms with E-state index < -0.39 is 0 Å². The van der Waals surface area contributed by atoms with Gasteiger partial charge in [0.2, 0.25) is 5.91 Å². The van der Waals surface area contributed by atoms with Crippen molar-refractivity contribution >= 4 is 5.91 Å². The van der Waals surface area contributed by atoms with Gasteiger partial charge in [-0.05, 0) is 31.1 Å². The van der Waals surface area contributed by atoms with Crippen molar-refractivity contribution in [3.8, 4) is 23.7 Å². The largest absolute Gasteiger partial charge is 0.356 e. The van der Waals surface area contributed by atoms with Gasteiger partial charge in [-0.25, -0.2) is 0 Å². The van der Waals surface area contributed by atoms with Crippen molar-refractivity contribution in [1.29, 1.82) is 0 Å². The monoisotopic (exact) mass is 289 g/mol. The second-order valence-corrected chi connectivity index (χ2v) is 5.28. The number of nitrogens with one attached hydrogen (secondary N) is 1. The Hall–Kier alpha value is -1.41. The van der Waals surface area contributed by atoms with E-state index in [2.05, 4.69) is 35.9 Å². The van der Waals surface area contributed by atoms with Crippen LogP contribution in [0.25, 0.3) is 0 Å². The number of carbonyl (C=O) groups excluding carboxylic acids is 1. The van der Waals surface area contributed by atoms with Gasteiger partial charge in [0.1, 0.15) is 0 Å². The van der Waals surface area contributed by atoms with Crippen LogP contribution in [-0.4, -0.2) is 12.5 Å². The molecule has 0 spiro atoms. The summed E-state index contributed by atoms with van der Waals surface area (Å²) >= 11 is 0. The Labute approximate surface area is 131 Å². The van der Waals surface area contributed by atoms with E-state index in [9.17, 15) is 4.79 Å². The van der Waals surface area contributed by atoms with Crippen LogP contribution >= 0.6 is 0 Å². The highest BCUT2D eigenvalue weighted by Gasteiger charge is 1.99. The maximum absolute atomic E-state index is 11.5. The Morgan fingerprint density at radius 1 is 0.857 bits per heavy atom. The quantitative estimate of drug-likeness (QED) is 0.442. The fourth-order valence-corrected chi connectivity index (χ4v) is 1.94. The van der Waals surface area contributed by atoms with Crippen LogP contribution in [0.5, 0.6) is 0 Å². The van der Waals surface area contributed by atoms with Gasteiger partial charge in [-0.1, -0.05) is 57.8 Å². The Morgan fingerprint density at radius 3 is 2.24 bits per heavy atom. The third kappa shape index (κ3) is 16.5. The molecule has 21 heavy (non-hydrogen) atoms. The van der Waals surface area contributed by atoms with Crippen LogP contribution in [0, 0.1) is 23.7 Å². The minimum absolute atomic E-state index is 0.215. The molecule has 118 valence electrons. The van der Waals surface area contributed by atoms with E-state index in [-0.39, 0.29) is 5.91 Å². The van der Waals surface area contributed by atoms with Crippen molar-refractivity contribution in [3.05, 3.63) is 0 Å². The molecule has 0 aromatic carbocycles. The van der Waals surface area contributed by atoms with Gasteiger partial charge in [0.15, 0.2) is 0 Å². The first-order chi connectivity index (χ1) is 10.3. The maximum Gasteiger partial charge on any atom is 0.219 e. The van der Waals surface area contributed by atoms with Gasteiger partial charge in [-0.3, -0.25) is 4.79 Å². The molecule has 2 nitrogen and oxygen atoms in total. The fraction of sp³-hybridized carbons (Fsp3) is 0.737.